The van der Waals surface area contributed by atoms with Gasteiger partial charge in [0.25, 0.3) is 0 Å². The van der Waals surface area contributed by atoms with Gasteiger partial charge in [-0.25, -0.2) is 4.98 Å². The summed E-state index contributed by atoms with van der Waals surface area (Å²) >= 11 is 0. The Hall–Kier alpha value is -3.44. The lowest BCUT2D eigenvalue weighted by atomic mass is 10.2. The topological polar surface area (TPSA) is 80.9 Å². The molecule has 0 aliphatic carbocycles. The van der Waals surface area contributed by atoms with E-state index in [1.165, 1.54) is 30.3 Å². The van der Waals surface area contributed by atoms with E-state index in [1.807, 2.05) is 0 Å². The van der Waals surface area contributed by atoms with Gasteiger partial charge >= 0.3 is 18.2 Å². The predicted molar refractivity (Wildman–Crippen MR) is 86.3 cm³/mol. The van der Waals surface area contributed by atoms with Crippen LogP contribution in [0.25, 0.3) is 11.4 Å². The first-order valence-corrected chi connectivity index (χ1v) is 7.87. The molecular weight excluding hydrogens is 406 g/mol. The summed E-state index contributed by atoms with van der Waals surface area (Å²) in [6.07, 6.45) is -9.79. The van der Waals surface area contributed by atoms with Crippen LogP contribution in [0.2, 0.25) is 0 Å². The van der Waals surface area contributed by atoms with Gasteiger partial charge in [0.05, 0.1) is 12.1 Å². The van der Waals surface area contributed by atoms with Gasteiger partial charge < -0.3 is 9.84 Å². The number of alkyl halides is 6. The van der Waals surface area contributed by atoms with Gasteiger partial charge in [-0.2, -0.15) is 31.3 Å². The van der Waals surface area contributed by atoms with Gasteiger partial charge in [0.15, 0.2) is 0 Å². The Morgan fingerprint density at radius 2 is 1.62 bits per heavy atom. The van der Waals surface area contributed by atoms with Crippen molar-refractivity contribution in [3.05, 3.63) is 59.7 Å². The third-order valence-electron chi connectivity index (χ3n) is 3.53. The molecule has 2 heterocycles. The third kappa shape index (κ3) is 5.09. The number of hydrogen-bond donors (Lipinski definition) is 1. The van der Waals surface area contributed by atoms with Crippen LogP contribution in [0.5, 0.6) is 0 Å². The van der Waals surface area contributed by atoms with E-state index in [4.69, 9.17) is 0 Å². The van der Waals surface area contributed by atoms with Crippen molar-refractivity contribution >= 4 is 11.6 Å². The molecule has 1 N–H and O–H groups in total. The van der Waals surface area contributed by atoms with E-state index in [1.54, 1.807) is 0 Å². The number of anilines is 1. The van der Waals surface area contributed by atoms with E-state index in [0.29, 0.717) is 0 Å². The first kappa shape index (κ1) is 20.3. The second-order valence-electron chi connectivity index (χ2n) is 5.74. The highest BCUT2D eigenvalue weighted by Crippen LogP contribution is 2.30. The average Bonchev–Trinajstić information content (AvgIpc) is 3.12. The number of aromatic nitrogens is 3. The van der Waals surface area contributed by atoms with Crippen molar-refractivity contribution < 1.29 is 35.7 Å². The molecule has 6 nitrogen and oxygen atoms in total. The zero-order valence-electron chi connectivity index (χ0n) is 14.2. The molecule has 3 rings (SSSR count). The van der Waals surface area contributed by atoms with Crippen molar-refractivity contribution in [2.75, 3.05) is 5.32 Å². The quantitative estimate of drug-likeness (QED) is 0.640. The Morgan fingerprint density at radius 3 is 2.21 bits per heavy atom. The van der Waals surface area contributed by atoms with Gasteiger partial charge in [-0.1, -0.05) is 11.2 Å². The van der Waals surface area contributed by atoms with Crippen molar-refractivity contribution in [1.29, 1.82) is 0 Å². The molecule has 0 spiro atoms. The maximum absolute atomic E-state index is 12.7. The van der Waals surface area contributed by atoms with Crippen LogP contribution >= 0.6 is 0 Å². The molecule has 1 amide bonds. The molecule has 0 saturated heterocycles. The fourth-order valence-corrected chi connectivity index (χ4v) is 2.26. The summed E-state index contributed by atoms with van der Waals surface area (Å²) in [7, 11) is 0. The van der Waals surface area contributed by atoms with Crippen molar-refractivity contribution in [3.63, 3.8) is 0 Å². The van der Waals surface area contributed by atoms with Crippen LogP contribution in [0.4, 0.5) is 32.0 Å². The molecule has 3 aromatic rings. The van der Waals surface area contributed by atoms with Gasteiger partial charge in [-0.3, -0.25) is 4.79 Å². The normalized spacial score (nSPS) is 12.1. The highest BCUT2D eigenvalue weighted by Gasteiger charge is 2.38. The molecule has 1 aromatic carbocycles. The first-order chi connectivity index (χ1) is 13.5. The van der Waals surface area contributed by atoms with Gasteiger partial charge in [0.1, 0.15) is 5.69 Å². The lowest BCUT2D eigenvalue weighted by molar-refractivity contribution is -0.159. The molecule has 0 unspecified atom stereocenters. The van der Waals surface area contributed by atoms with Crippen molar-refractivity contribution in [2.24, 2.45) is 0 Å². The number of nitrogens with zero attached hydrogens (tertiary/aromatic N) is 3. The number of hydrogen-bond acceptors (Lipinski definition) is 5. The molecule has 0 atom stereocenters. The summed E-state index contributed by atoms with van der Waals surface area (Å²) < 4.78 is 79.5. The lowest BCUT2D eigenvalue weighted by Gasteiger charge is -2.08. The van der Waals surface area contributed by atoms with E-state index in [0.717, 1.165) is 12.1 Å². The lowest BCUT2D eigenvalue weighted by Crippen LogP contribution is -2.16. The fraction of sp³-hybridized carbons (Fsp3) is 0.176. The maximum Gasteiger partial charge on any atom is 0.471 e. The number of rotatable bonds is 4. The van der Waals surface area contributed by atoms with Crippen molar-refractivity contribution in [3.8, 4) is 11.4 Å². The molecule has 0 aliphatic heterocycles. The Labute approximate surface area is 158 Å². The van der Waals surface area contributed by atoms with E-state index >= 15 is 0 Å². The molecule has 0 bridgehead atoms. The zero-order valence-corrected chi connectivity index (χ0v) is 14.2. The highest BCUT2D eigenvalue weighted by molar-refractivity contribution is 5.92. The molecule has 12 heteroatoms. The smallest absolute Gasteiger partial charge is 0.329 e. The number of carbonyl (C=O) groups excluding carboxylic acids is 1. The molecule has 152 valence electrons. The van der Waals surface area contributed by atoms with Crippen LogP contribution in [0, 0.1) is 0 Å². The maximum atomic E-state index is 12.7. The van der Waals surface area contributed by atoms with Gasteiger partial charge in [-0.15, -0.1) is 0 Å². The Balaban J connectivity index is 1.65. The van der Waals surface area contributed by atoms with Gasteiger partial charge in [0.2, 0.25) is 11.7 Å². The second kappa shape index (κ2) is 7.53. The monoisotopic (exact) mass is 416 g/mol. The summed E-state index contributed by atoms with van der Waals surface area (Å²) in [4.78, 5) is 18.6. The average molecular weight is 416 g/mol. The predicted octanol–water partition coefficient (Wildman–Crippen LogP) is 4.35. The largest absolute Gasteiger partial charge is 0.471 e. The standard InChI is InChI=1S/C17H10F6N4O2/c18-16(19,20)12-3-1-2-11(24-12)8-13(28)25-10-6-4-9(5-7-10)14-26-15(29-27-14)17(21,22)23/h1-7H,8H2,(H,25,28). The van der Waals surface area contributed by atoms with E-state index in [9.17, 15) is 31.1 Å². The first-order valence-electron chi connectivity index (χ1n) is 7.87. The summed E-state index contributed by atoms with van der Waals surface area (Å²) in [6.45, 7) is 0. The van der Waals surface area contributed by atoms with Gasteiger partial charge in [0, 0.05) is 11.3 Å². The summed E-state index contributed by atoms with van der Waals surface area (Å²) in [6, 6.07) is 8.67. The minimum Gasteiger partial charge on any atom is -0.329 e. The molecule has 29 heavy (non-hydrogen) atoms. The molecule has 0 saturated carbocycles. The fourth-order valence-electron chi connectivity index (χ4n) is 2.26. The Kier molecular flexibility index (Phi) is 5.27. The third-order valence-corrected chi connectivity index (χ3v) is 3.53. The van der Waals surface area contributed by atoms with E-state index < -0.39 is 36.3 Å². The minimum atomic E-state index is -4.77. The molecule has 2 aromatic heterocycles. The van der Waals surface area contributed by atoms with Gasteiger partial charge in [-0.05, 0) is 36.4 Å². The number of nitrogens with one attached hydrogen (secondary N) is 1. The van der Waals surface area contributed by atoms with Crippen molar-refractivity contribution in [2.45, 2.75) is 18.8 Å². The molecular formula is C17H10F6N4O2. The van der Waals surface area contributed by atoms with Crippen LogP contribution < -0.4 is 5.32 Å². The molecule has 0 fully saturated rings. The number of carbonyl (C=O) groups is 1. The number of pyridine rings is 1. The SMILES string of the molecule is O=C(Cc1cccc(C(F)(F)F)n1)Nc1ccc(-c2noc(C(F)(F)F)n2)cc1. The summed E-state index contributed by atoms with van der Waals surface area (Å²) in [5.41, 5.74) is -0.696. The molecule has 0 aliphatic rings. The Morgan fingerprint density at radius 1 is 0.931 bits per heavy atom. The van der Waals surface area contributed by atoms with Crippen LogP contribution in [-0.2, 0) is 23.6 Å². The van der Waals surface area contributed by atoms with Crippen LogP contribution in [0.1, 0.15) is 17.3 Å². The van der Waals surface area contributed by atoms with E-state index in [-0.39, 0.29) is 22.8 Å². The highest BCUT2D eigenvalue weighted by atomic mass is 19.4. The van der Waals surface area contributed by atoms with Crippen LogP contribution in [0.15, 0.2) is 47.0 Å². The number of halogens is 6. The zero-order chi connectivity index (χ0) is 21.2. The van der Waals surface area contributed by atoms with Crippen LogP contribution in [0.3, 0.4) is 0 Å². The second-order valence-corrected chi connectivity index (χ2v) is 5.74. The number of benzene rings is 1. The summed E-state index contributed by atoms with van der Waals surface area (Å²) in [5.74, 6) is -2.40. The minimum absolute atomic E-state index is 0.0691. The summed E-state index contributed by atoms with van der Waals surface area (Å²) in [5, 5.41) is 5.69. The Bertz CT molecular complexity index is 1010. The van der Waals surface area contributed by atoms with Crippen LogP contribution in [-0.4, -0.2) is 21.0 Å². The van der Waals surface area contributed by atoms with Crippen molar-refractivity contribution in [1.82, 2.24) is 15.1 Å². The number of amides is 1. The molecule has 0 radical (unpaired) electrons. The van der Waals surface area contributed by atoms with E-state index in [2.05, 4.69) is 25.0 Å².